The van der Waals surface area contributed by atoms with Crippen LogP contribution in [-0.2, 0) is 4.79 Å². The molecule has 20 heavy (non-hydrogen) atoms. The minimum absolute atomic E-state index is 0. The molecule has 2 aliphatic heterocycles. The van der Waals surface area contributed by atoms with Gasteiger partial charge in [-0.05, 0) is 42.9 Å². The summed E-state index contributed by atoms with van der Waals surface area (Å²) in [6.07, 6.45) is 3.67. The fourth-order valence-corrected chi connectivity index (χ4v) is 4.37. The number of piperidine rings is 1. The van der Waals surface area contributed by atoms with E-state index in [0.29, 0.717) is 17.2 Å². The summed E-state index contributed by atoms with van der Waals surface area (Å²) in [4.78, 5) is 14.7. The van der Waals surface area contributed by atoms with E-state index in [0.717, 1.165) is 31.9 Å². The van der Waals surface area contributed by atoms with Crippen molar-refractivity contribution in [2.75, 3.05) is 31.9 Å². The lowest BCUT2D eigenvalue weighted by atomic mass is 9.78. The van der Waals surface area contributed by atoms with E-state index in [9.17, 15) is 4.79 Å². The molecule has 2 heterocycles. The van der Waals surface area contributed by atoms with Gasteiger partial charge in [0.1, 0.15) is 0 Å². The van der Waals surface area contributed by atoms with Crippen molar-refractivity contribution in [2.45, 2.75) is 45.3 Å². The Labute approximate surface area is 134 Å². The summed E-state index contributed by atoms with van der Waals surface area (Å²) in [5, 5.41) is 3.63. The molecule has 118 valence electrons. The monoisotopic (exact) mass is 320 g/mol. The zero-order valence-electron chi connectivity index (χ0n) is 13.0. The van der Waals surface area contributed by atoms with Crippen molar-refractivity contribution in [3.05, 3.63) is 0 Å². The molecule has 0 aromatic heterocycles. The van der Waals surface area contributed by atoms with Crippen molar-refractivity contribution in [3.63, 3.8) is 0 Å². The number of rotatable bonds is 4. The van der Waals surface area contributed by atoms with E-state index in [-0.39, 0.29) is 17.7 Å². The first-order valence-electron chi connectivity index (χ1n) is 7.69. The number of nitrogens with zero attached hydrogens (tertiary/aromatic N) is 1. The smallest absolute Gasteiger partial charge is 0.235 e. The highest BCUT2D eigenvalue weighted by atomic mass is 35.5. The fourth-order valence-electron chi connectivity index (χ4n) is 3.33. The number of thioether (sulfide) groups is 1. The molecule has 0 radical (unpaired) electrons. The average Bonchev–Trinajstić information content (AvgIpc) is 2.84. The van der Waals surface area contributed by atoms with Crippen LogP contribution in [0.1, 0.15) is 40.0 Å². The SMILES string of the molecule is CCSC(C(=O)N1CCC2(CCNC2)CC1)C(C)C.Cl. The number of carbonyl (C=O) groups is 1. The van der Waals surface area contributed by atoms with Gasteiger partial charge in [0.15, 0.2) is 0 Å². The molecule has 1 atom stereocenters. The zero-order valence-corrected chi connectivity index (χ0v) is 14.6. The first-order chi connectivity index (χ1) is 9.08. The maximum absolute atomic E-state index is 12.6. The van der Waals surface area contributed by atoms with E-state index in [4.69, 9.17) is 0 Å². The number of hydrogen-bond donors (Lipinski definition) is 1. The lowest BCUT2D eigenvalue weighted by molar-refractivity contribution is -0.133. The molecule has 1 unspecified atom stereocenters. The van der Waals surface area contributed by atoms with Crippen LogP contribution in [0.4, 0.5) is 0 Å². The molecule has 2 aliphatic rings. The van der Waals surface area contributed by atoms with Gasteiger partial charge in [0, 0.05) is 19.6 Å². The molecule has 2 rings (SSSR count). The van der Waals surface area contributed by atoms with Gasteiger partial charge in [0.2, 0.25) is 5.91 Å². The van der Waals surface area contributed by atoms with Gasteiger partial charge in [-0.15, -0.1) is 24.2 Å². The highest BCUT2D eigenvalue weighted by molar-refractivity contribution is 8.00. The molecule has 1 spiro atoms. The van der Waals surface area contributed by atoms with Crippen LogP contribution in [0.25, 0.3) is 0 Å². The third-order valence-corrected chi connectivity index (χ3v) is 6.10. The van der Waals surface area contributed by atoms with Gasteiger partial charge in [-0.25, -0.2) is 0 Å². The van der Waals surface area contributed by atoms with Crippen LogP contribution in [0.5, 0.6) is 0 Å². The lowest BCUT2D eigenvalue weighted by Gasteiger charge is -2.40. The molecule has 0 aromatic rings. The Balaban J connectivity index is 0.00000200. The third-order valence-electron chi connectivity index (χ3n) is 4.66. The van der Waals surface area contributed by atoms with Crippen LogP contribution in [0.15, 0.2) is 0 Å². The van der Waals surface area contributed by atoms with E-state index in [1.54, 1.807) is 11.8 Å². The Bertz CT molecular complexity index is 309. The van der Waals surface area contributed by atoms with Crippen LogP contribution in [0, 0.1) is 11.3 Å². The van der Waals surface area contributed by atoms with E-state index in [2.05, 4.69) is 31.0 Å². The molecule has 0 aliphatic carbocycles. The van der Waals surface area contributed by atoms with E-state index < -0.39 is 0 Å². The van der Waals surface area contributed by atoms with Crippen LogP contribution >= 0.6 is 24.2 Å². The van der Waals surface area contributed by atoms with Gasteiger partial charge in [-0.1, -0.05) is 20.8 Å². The van der Waals surface area contributed by atoms with Gasteiger partial charge in [0.25, 0.3) is 0 Å². The lowest BCUT2D eigenvalue weighted by Crippen LogP contribution is -2.47. The molecule has 2 saturated heterocycles. The summed E-state index contributed by atoms with van der Waals surface area (Å²) in [5.74, 6) is 1.83. The van der Waals surface area contributed by atoms with Crippen LogP contribution in [-0.4, -0.2) is 48.0 Å². The average molecular weight is 321 g/mol. The highest BCUT2D eigenvalue weighted by Gasteiger charge is 2.39. The first kappa shape index (κ1) is 18.1. The van der Waals surface area contributed by atoms with Crippen molar-refractivity contribution >= 4 is 30.1 Å². The van der Waals surface area contributed by atoms with Crippen molar-refractivity contribution < 1.29 is 4.79 Å². The van der Waals surface area contributed by atoms with Crippen LogP contribution in [0.2, 0.25) is 0 Å². The Kier molecular flexibility index (Phi) is 7.16. The molecular formula is C15H29ClN2OS. The minimum atomic E-state index is 0. The van der Waals surface area contributed by atoms with Gasteiger partial charge in [-0.3, -0.25) is 4.79 Å². The first-order valence-corrected chi connectivity index (χ1v) is 8.74. The minimum Gasteiger partial charge on any atom is -0.342 e. The van der Waals surface area contributed by atoms with Crippen molar-refractivity contribution in [3.8, 4) is 0 Å². The van der Waals surface area contributed by atoms with Gasteiger partial charge in [-0.2, -0.15) is 0 Å². The number of likely N-dealkylation sites (tertiary alicyclic amines) is 1. The van der Waals surface area contributed by atoms with Crippen LogP contribution in [0.3, 0.4) is 0 Å². The van der Waals surface area contributed by atoms with Gasteiger partial charge < -0.3 is 10.2 Å². The number of hydrogen-bond acceptors (Lipinski definition) is 3. The predicted octanol–water partition coefficient (Wildman–Crippen LogP) is 2.79. The molecule has 0 aromatic carbocycles. The molecule has 3 nitrogen and oxygen atoms in total. The summed E-state index contributed by atoms with van der Waals surface area (Å²) >= 11 is 1.81. The molecular weight excluding hydrogens is 292 g/mol. The largest absolute Gasteiger partial charge is 0.342 e. The quantitative estimate of drug-likeness (QED) is 0.864. The van der Waals surface area contributed by atoms with Crippen molar-refractivity contribution in [1.82, 2.24) is 10.2 Å². The molecule has 5 heteroatoms. The second-order valence-corrected chi connectivity index (χ2v) is 7.79. The van der Waals surface area contributed by atoms with E-state index in [1.165, 1.54) is 19.3 Å². The summed E-state index contributed by atoms with van der Waals surface area (Å²) in [5.41, 5.74) is 0.502. The topological polar surface area (TPSA) is 32.3 Å². The Morgan fingerprint density at radius 3 is 2.40 bits per heavy atom. The summed E-state index contributed by atoms with van der Waals surface area (Å²) in [7, 11) is 0. The van der Waals surface area contributed by atoms with Crippen LogP contribution < -0.4 is 5.32 Å². The fraction of sp³-hybridized carbons (Fsp3) is 0.933. The second-order valence-electron chi connectivity index (χ2n) is 6.37. The molecule has 0 bridgehead atoms. The summed E-state index contributed by atoms with van der Waals surface area (Å²) in [6, 6.07) is 0. The van der Waals surface area contributed by atoms with Gasteiger partial charge >= 0.3 is 0 Å². The molecule has 2 fully saturated rings. The summed E-state index contributed by atoms with van der Waals surface area (Å²) in [6.45, 7) is 10.7. The third kappa shape index (κ3) is 4.05. The predicted molar refractivity (Wildman–Crippen MR) is 89.7 cm³/mol. The standard InChI is InChI=1S/C15H28N2OS.ClH/c1-4-19-13(12(2)3)14(18)17-9-6-15(7-10-17)5-8-16-11-15;/h12-13,16H,4-11H2,1-3H3;1H. The van der Waals surface area contributed by atoms with Gasteiger partial charge in [0.05, 0.1) is 5.25 Å². The molecule has 1 amide bonds. The van der Waals surface area contributed by atoms with Crippen molar-refractivity contribution in [1.29, 1.82) is 0 Å². The number of nitrogens with one attached hydrogen (secondary N) is 1. The molecule has 1 N–H and O–H groups in total. The Morgan fingerprint density at radius 2 is 1.95 bits per heavy atom. The van der Waals surface area contributed by atoms with E-state index in [1.807, 2.05) is 0 Å². The molecule has 0 saturated carbocycles. The maximum Gasteiger partial charge on any atom is 0.235 e. The Morgan fingerprint density at radius 1 is 1.30 bits per heavy atom. The number of amides is 1. The number of carbonyl (C=O) groups excluding carboxylic acids is 1. The highest BCUT2D eigenvalue weighted by Crippen LogP contribution is 2.37. The maximum atomic E-state index is 12.6. The summed E-state index contributed by atoms with van der Waals surface area (Å²) < 4.78 is 0. The van der Waals surface area contributed by atoms with Crippen molar-refractivity contribution in [2.24, 2.45) is 11.3 Å². The normalized spacial score (nSPS) is 22.9. The Hall–Kier alpha value is 0.0700. The van der Waals surface area contributed by atoms with E-state index >= 15 is 0 Å². The second kappa shape index (κ2) is 7.90. The number of halogens is 1. The zero-order chi connectivity index (χ0) is 13.9.